The first kappa shape index (κ1) is 16.8. The van der Waals surface area contributed by atoms with Gasteiger partial charge in [0.15, 0.2) is 0 Å². The third kappa shape index (κ3) is 6.16. The van der Waals surface area contributed by atoms with Crippen LogP contribution in [0.4, 0.5) is 10.5 Å². The summed E-state index contributed by atoms with van der Waals surface area (Å²) in [6, 6.07) is 5.53. The van der Waals surface area contributed by atoms with Gasteiger partial charge in [0, 0.05) is 11.8 Å². The average Bonchev–Trinajstić information content (AvgIpc) is 2.44. The normalized spacial score (nSPS) is 11.5. The second-order valence-electron chi connectivity index (χ2n) is 4.59. The number of nitrogens with one attached hydrogen (secondary N) is 2. The summed E-state index contributed by atoms with van der Waals surface area (Å²) in [7, 11) is 0. The lowest BCUT2D eigenvalue weighted by atomic mass is 10.1. The van der Waals surface area contributed by atoms with Gasteiger partial charge >= 0.3 is 12.0 Å². The number of anilines is 1. The summed E-state index contributed by atoms with van der Waals surface area (Å²) in [4.78, 5) is 22.9. The monoisotopic (exact) mass is 294 g/mol. The van der Waals surface area contributed by atoms with Gasteiger partial charge in [0.05, 0.1) is 6.61 Å². The second kappa shape index (κ2) is 8.84. The first-order chi connectivity index (χ1) is 10.1. The predicted molar refractivity (Wildman–Crippen MR) is 80.7 cm³/mol. The summed E-state index contributed by atoms with van der Waals surface area (Å²) >= 11 is 0. The highest BCUT2D eigenvalue weighted by Gasteiger charge is 2.19. The molecule has 0 aromatic heterocycles. The number of hydrogen-bond donors (Lipinski definition) is 3. The number of benzene rings is 1. The van der Waals surface area contributed by atoms with Crippen LogP contribution in [0.1, 0.15) is 33.1 Å². The van der Waals surface area contributed by atoms with Crippen molar-refractivity contribution in [1.29, 1.82) is 0 Å². The van der Waals surface area contributed by atoms with E-state index < -0.39 is 18.0 Å². The van der Waals surface area contributed by atoms with E-state index in [1.807, 2.05) is 13.8 Å². The van der Waals surface area contributed by atoms with Crippen molar-refractivity contribution in [1.82, 2.24) is 5.32 Å². The standard InChI is InChI=1S/C15H22N2O4/c1-3-5-9-13(14(18)19)17-15(20)16-11-7-6-8-12(10-11)21-4-2/h6-8,10,13H,3-5,9H2,1-2H3,(H,18,19)(H2,16,17,20)/t13-/m0/s1. The van der Waals surface area contributed by atoms with Crippen LogP contribution in [0.25, 0.3) is 0 Å². The fraction of sp³-hybridized carbons (Fsp3) is 0.467. The van der Waals surface area contributed by atoms with Crippen molar-refractivity contribution < 1.29 is 19.4 Å². The Bertz CT molecular complexity index is 476. The number of carboxylic acid groups (broad SMARTS) is 1. The van der Waals surface area contributed by atoms with Gasteiger partial charge in [-0.3, -0.25) is 0 Å². The third-order valence-electron chi connectivity index (χ3n) is 2.85. The Kier molecular flexibility index (Phi) is 7.08. The van der Waals surface area contributed by atoms with Crippen LogP contribution >= 0.6 is 0 Å². The van der Waals surface area contributed by atoms with E-state index in [-0.39, 0.29) is 0 Å². The molecule has 6 nitrogen and oxygen atoms in total. The lowest BCUT2D eigenvalue weighted by Gasteiger charge is -2.15. The number of ether oxygens (including phenoxy) is 1. The maximum absolute atomic E-state index is 11.8. The molecule has 1 rings (SSSR count). The number of hydrogen-bond acceptors (Lipinski definition) is 3. The van der Waals surface area contributed by atoms with Gasteiger partial charge in [-0.15, -0.1) is 0 Å². The van der Waals surface area contributed by atoms with Gasteiger partial charge < -0.3 is 20.5 Å². The summed E-state index contributed by atoms with van der Waals surface area (Å²) in [5.74, 6) is -0.377. The molecule has 1 aromatic rings. The molecule has 0 aliphatic heterocycles. The Morgan fingerprint density at radius 2 is 2.10 bits per heavy atom. The van der Waals surface area contributed by atoms with Gasteiger partial charge in [0.2, 0.25) is 0 Å². The molecule has 21 heavy (non-hydrogen) atoms. The molecule has 116 valence electrons. The highest BCUT2D eigenvalue weighted by atomic mass is 16.5. The Morgan fingerprint density at radius 1 is 1.33 bits per heavy atom. The molecule has 6 heteroatoms. The van der Waals surface area contributed by atoms with E-state index in [0.29, 0.717) is 24.5 Å². The molecule has 0 bridgehead atoms. The van der Waals surface area contributed by atoms with E-state index >= 15 is 0 Å². The number of carbonyl (C=O) groups is 2. The van der Waals surface area contributed by atoms with Gasteiger partial charge in [0.1, 0.15) is 11.8 Å². The zero-order valence-electron chi connectivity index (χ0n) is 12.4. The van der Waals surface area contributed by atoms with Gasteiger partial charge in [-0.2, -0.15) is 0 Å². The van der Waals surface area contributed by atoms with E-state index in [4.69, 9.17) is 9.84 Å². The highest BCUT2D eigenvalue weighted by Crippen LogP contribution is 2.17. The lowest BCUT2D eigenvalue weighted by molar-refractivity contribution is -0.139. The average molecular weight is 294 g/mol. The van der Waals surface area contributed by atoms with Gasteiger partial charge in [-0.05, 0) is 25.5 Å². The van der Waals surface area contributed by atoms with E-state index in [2.05, 4.69) is 10.6 Å². The molecule has 0 radical (unpaired) electrons. The Hall–Kier alpha value is -2.24. The first-order valence-electron chi connectivity index (χ1n) is 7.10. The van der Waals surface area contributed by atoms with Gasteiger partial charge in [0.25, 0.3) is 0 Å². The molecule has 0 saturated heterocycles. The van der Waals surface area contributed by atoms with Crippen LogP contribution in [0.15, 0.2) is 24.3 Å². The van der Waals surface area contributed by atoms with E-state index in [9.17, 15) is 9.59 Å². The number of carboxylic acids is 1. The van der Waals surface area contributed by atoms with Crippen LogP contribution in [0.5, 0.6) is 5.75 Å². The van der Waals surface area contributed by atoms with Crippen molar-refractivity contribution in [3.8, 4) is 5.75 Å². The molecule has 0 saturated carbocycles. The lowest BCUT2D eigenvalue weighted by Crippen LogP contribution is -2.42. The van der Waals surface area contributed by atoms with Crippen molar-refractivity contribution >= 4 is 17.7 Å². The van der Waals surface area contributed by atoms with Crippen molar-refractivity contribution in [3.05, 3.63) is 24.3 Å². The van der Waals surface area contributed by atoms with E-state index in [0.717, 1.165) is 12.8 Å². The molecule has 3 N–H and O–H groups in total. The smallest absolute Gasteiger partial charge is 0.326 e. The molecule has 2 amide bonds. The Morgan fingerprint density at radius 3 is 2.71 bits per heavy atom. The van der Waals surface area contributed by atoms with Crippen LogP contribution in [-0.2, 0) is 4.79 Å². The van der Waals surface area contributed by atoms with Crippen LogP contribution in [0.2, 0.25) is 0 Å². The van der Waals surface area contributed by atoms with E-state index in [1.54, 1.807) is 24.3 Å². The van der Waals surface area contributed by atoms with Crippen LogP contribution < -0.4 is 15.4 Å². The second-order valence-corrected chi connectivity index (χ2v) is 4.59. The summed E-state index contributed by atoms with van der Waals surface area (Å²) < 4.78 is 5.33. The molecular formula is C15H22N2O4. The fourth-order valence-corrected chi connectivity index (χ4v) is 1.82. The molecule has 1 aromatic carbocycles. The van der Waals surface area contributed by atoms with Crippen LogP contribution in [0.3, 0.4) is 0 Å². The third-order valence-corrected chi connectivity index (χ3v) is 2.85. The zero-order chi connectivity index (χ0) is 15.7. The number of aliphatic carboxylic acids is 1. The Labute approximate surface area is 124 Å². The van der Waals surface area contributed by atoms with Crippen molar-refractivity contribution in [2.24, 2.45) is 0 Å². The van der Waals surface area contributed by atoms with E-state index in [1.165, 1.54) is 0 Å². The number of unbranched alkanes of at least 4 members (excludes halogenated alkanes) is 1. The molecule has 0 heterocycles. The zero-order valence-corrected chi connectivity index (χ0v) is 12.4. The number of rotatable bonds is 8. The maximum atomic E-state index is 11.8. The number of amides is 2. The summed E-state index contributed by atoms with van der Waals surface area (Å²) in [5, 5.41) is 14.1. The quantitative estimate of drug-likeness (QED) is 0.688. The van der Waals surface area contributed by atoms with Crippen LogP contribution in [0, 0.1) is 0 Å². The summed E-state index contributed by atoms with van der Waals surface area (Å²) in [6.45, 7) is 4.38. The number of urea groups is 1. The molecule has 0 fully saturated rings. The molecule has 0 aliphatic carbocycles. The minimum atomic E-state index is -1.03. The fourth-order valence-electron chi connectivity index (χ4n) is 1.82. The van der Waals surface area contributed by atoms with Gasteiger partial charge in [-0.1, -0.05) is 25.8 Å². The van der Waals surface area contributed by atoms with Crippen molar-refractivity contribution in [2.45, 2.75) is 39.2 Å². The number of carbonyl (C=O) groups excluding carboxylic acids is 1. The highest BCUT2D eigenvalue weighted by molar-refractivity contribution is 5.92. The molecule has 0 spiro atoms. The Balaban J connectivity index is 2.58. The molecule has 0 unspecified atom stereocenters. The molecular weight excluding hydrogens is 272 g/mol. The van der Waals surface area contributed by atoms with Crippen molar-refractivity contribution in [3.63, 3.8) is 0 Å². The topological polar surface area (TPSA) is 87.7 Å². The maximum Gasteiger partial charge on any atom is 0.326 e. The predicted octanol–water partition coefficient (Wildman–Crippen LogP) is 2.85. The van der Waals surface area contributed by atoms with Crippen molar-refractivity contribution in [2.75, 3.05) is 11.9 Å². The first-order valence-corrected chi connectivity index (χ1v) is 7.10. The van der Waals surface area contributed by atoms with Crippen LogP contribution in [-0.4, -0.2) is 29.8 Å². The molecule has 1 atom stereocenters. The summed E-state index contributed by atoms with van der Waals surface area (Å²) in [5.41, 5.74) is 0.554. The minimum absolute atomic E-state index is 0.415. The minimum Gasteiger partial charge on any atom is -0.494 e. The largest absolute Gasteiger partial charge is 0.494 e. The molecule has 0 aliphatic rings. The van der Waals surface area contributed by atoms with Gasteiger partial charge in [-0.25, -0.2) is 9.59 Å². The SMILES string of the molecule is CCCC[C@H](NC(=O)Nc1cccc(OCC)c1)C(=O)O. The summed E-state index contributed by atoms with van der Waals surface area (Å²) in [6.07, 6.45) is 2.04.